The molecule has 10 rings (SSSR count). The van der Waals surface area contributed by atoms with Crippen LogP contribution in [0.5, 0.6) is 0 Å². The Kier molecular flexibility index (Phi) is 5.84. The molecular weight excluding hydrogens is 595 g/mol. The van der Waals surface area contributed by atoms with Gasteiger partial charge in [-0.05, 0) is 125 Å². The fourth-order valence-electron chi connectivity index (χ4n) is 8.19. The average Bonchev–Trinajstić information content (AvgIpc) is 3.72. The molecule has 49 heavy (non-hydrogen) atoms. The third kappa shape index (κ3) is 4.09. The van der Waals surface area contributed by atoms with Gasteiger partial charge >= 0.3 is 0 Å². The zero-order chi connectivity index (χ0) is 33.0. The minimum Gasteiger partial charge on any atom is -0.309 e. The van der Waals surface area contributed by atoms with Gasteiger partial charge in [-0.15, -0.1) is 0 Å². The first-order valence-corrected chi connectivity index (χ1v) is 17.1. The Morgan fingerprint density at radius 1 is 0.265 bits per heavy atom. The van der Waals surface area contributed by atoms with Crippen molar-refractivity contribution < 1.29 is 0 Å². The molecule has 234 valence electrons. The van der Waals surface area contributed by atoms with Gasteiger partial charge in [0.25, 0.3) is 0 Å². The highest BCUT2D eigenvalue weighted by molar-refractivity contribution is 6.14. The lowest BCUT2D eigenvalue weighted by atomic mass is 10.1. The van der Waals surface area contributed by atoms with E-state index >= 15 is 0 Å². The van der Waals surface area contributed by atoms with Gasteiger partial charge in [-0.25, -0.2) is 0 Å². The maximum Gasteiger partial charge on any atom is 0.0542 e. The molecule has 0 unspecified atom stereocenters. The average molecular weight is 630 g/mol. The van der Waals surface area contributed by atoms with Crippen LogP contribution in [0.4, 0.5) is 0 Å². The molecule has 0 radical (unpaired) electrons. The van der Waals surface area contributed by atoms with E-state index in [1.54, 1.807) is 0 Å². The lowest BCUT2D eigenvalue weighted by Gasteiger charge is -2.11. The third-order valence-electron chi connectivity index (χ3n) is 10.4. The number of benzene rings is 7. The molecule has 0 saturated heterocycles. The smallest absolute Gasteiger partial charge is 0.0542 e. The van der Waals surface area contributed by atoms with E-state index in [9.17, 15) is 0 Å². The zero-order valence-electron chi connectivity index (χ0n) is 28.1. The highest BCUT2D eigenvalue weighted by atomic mass is 15.0. The molecule has 0 spiro atoms. The molecule has 7 aromatic carbocycles. The standard InChI is InChI=1S/C46H35N3/c1-28-11-17-42-35(22-28)36-23-29(2)12-18-43(36)48(42)33-15-21-46-40(27-33)38-25-31(4)13-19-44(38)49(46)34-14-20-45-39(26-34)37-24-30(3)10-16-41(37)47(45)32-8-6-5-7-9-32/h5-27H,1-4H3. The summed E-state index contributed by atoms with van der Waals surface area (Å²) in [6.45, 7) is 8.73. The molecule has 0 fully saturated rings. The van der Waals surface area contributed by atoms with Crippen molar-refractivity contribution in [2.24, 2.45) is 0 Å². The molecule has 0 aliphatic carbocycles. The van der Waals surface area contributed by atoms with Gasteiger partial charge in [0, 0.05) is 49.4 Å². The SMILES string of the molecule is Cc1ccc2c(c1)c1cc(C)ccc1n2-c1ccc2c(c1)c1cc(C)ccc1n2-c1ccc2c(c1)c1cc(C)ccc1n2-c1ccccc1. The van der Waals surface area contributed by atoms with Crippen LogP contribution in [0, 0.1) is 27.7 Å². The molecule has 10 aromatic rings. The maximum atomic E-state index is 2.45. The second-order valence-electron chi connectivity index (χ2n) is 13.8. The van der Waals surface area contributed by atoms with Crippen LogP contribution in [0.15, 0.2) is 140 Å². The Hall–Kier alpha value is -6.06. The summed E-state index contributed by atoms with van der Waals surface area (Å²) in [6, 6.07) is 52.0. The summed E-state index contributed by atoms with van der Waals surface area (Å²) in [5, 5.41) is 7.66. The van der Waals surface area contributed by atoms with Crippen LogP contribution in [-0.2, 0) is 0 Å². The second-order valence-corrected chi connectivity index (χ2v) is 13.8. The van der Waals surface area contributed by atoms with Crippen LogP contribution in [0.3, 0.4) is 0 Å². The summed E-state index contributed by atoms with van der Waals surface area (Å²) in [5.74, 6) is 0. The molecule has 3 nitrogen and oxygen atoms in total. The second kappa shape index (κ2) is 10.2. The Labute approximate surface area is 284 Å². The number of hydrogen-bond donors (Lipinski definition) is 0. The van der Waals surface area contributed by atoms with Crippen molar-refractivity contribution in [1.29, 1.82) is 0 Å². The quantitative estimate of drug-likeness (QED) is 0.185. The van der Waals surface area contributed by atoms with E-state index in [0.29, 0.717) is 0 Å². The summed E-state index contributed by atoms with van der Waals surface area (Å²) in [7, 11) is 0. The van der Waals surface area contributed by atoms with Crippen molar-refractivity contribution in [2.45, 2.75) is 27.7 Å². The number of aryl methyl sites for hydroxylation is 4. The first kappa shape index (κ1) is 28.0. The van der Waals surface area contributed by atoms with E-state index in [1.807, 2.05) is 0 Å². The molecule has 3 heterocycles. The van der Waals surface area contributed by atoms with E-state index in [2.05, 4.69) is 181 Å². The van der Waals surface area contributed by atoms with E-state index in [0.717, 1.165) is 0 Å². The minimum absolute atomic E-state index is 1.17. The number of rotatable bonds is 3. The van der Waals surface area contributed by atoms with Crippen molar-refractivity contribution in [2.75, 3.05) is 0 Å². The van der Waals surface area contributed by atoms with E-state index in [4.69, 9.17) is 0 Å². The number of para-hydroxylation sites is 1. The molecule has 0 atom stereocenters. The lowest BCUT2D eigenvalue weighted by molar-refractivity contribution is 1.16. The molecular formula is C46H35N3. The molecule has 0 bridgehead atoms. The van der Waals surface area contributed by atoms with Crippen LogP contribution < -0.4 is 0 Å². The number of aromatic nitrogens is 3. The Morgan fingerprint density at radius 2 is 0.551 bits per heavy atom. The Balaban J connectivity index is 1.25. The van der Waals surface area contributed by atoms with Crippen LogP contribution in [-0.4, -0.2) is 13.7 Å². The van der Waals surface area contributed by atoms with Crippen molar-refractivity contribution >= 4 is 65.4 Å². The highest BCUT2D eigenvalue weighted by Crippen LogP contribution is 2.40. The Morgan fingerprint density at radius 3 is 0.898 bits per heavy atom. The van der Waals surface area contributed by atoms with Crippen LogP contribution in [0.2, 0.25) is 0 Å². The highest BCUT2D eigenvalue weighted by Gasteiger charge is 2.19. The summed E-state index contributed by atoms with van der Waals surface area (Å²) in [4.78, 5) is 0. The molecule has 3 aromatic heterocycles. The summed E-state index contributed by atoms with van der Waals surface area (Å²) < 4.78 is 7.28. The number of nitrogens with zero attached hydrogens (tertiary/aromatic N) is 3. The number of fused-ring (bicyclic) bond motifs is 9. The van der Waals surface area contributed by atoms with Crippen LogP contribution >= 0.6 is 0 Å². The molecule has 0 saturated carbocycles. The summed E-state index contributed by atoms with van der Waals surface area (Å²) >= 11 is 0. The zero-order valence-corrected chi connectivity index (χ0v) is 28.1. The lowest BCUT2D eigenvalue weighted by Crippen LogP contribution is -1.96. The predicted octanol–water partition coefficient (Wildman–Crippen LogP) is 12.2. The first-order valence-electron chi connectivity index (χ1n) is 17.1. The van der Waals surface area contributed by atoms with Gasteiger partial charge in [-0.2, -0.15) is 0 Å². The van der Waals surface area contributed by atoms with Gasteiger partial charge < -0.3 is 13.7 Å². The van der Waals surface area contributed by atoms with Gasteiger partial charge in [-0.3, -0.25) is 0 Å². The Bertz CT molecular complexity index is 2910. The van der Waals surface area contributed by atoms with Crippen molar-refractivity contribution in [1.82, 2.24) is 13.7 Å². The monoisotopic (exact) mass is 629 g/mol. The third-order valence-corrected chi connectivity index (χ3v) is 10.4. The molecule has 3 heteroatoms. The van der Waals surface area contributed by atoms with Crippen LogP contribution in [0.25, 0.3) is 82.5 Å². The first-order chi connectivity index (χ1) is 23.9. The predicted molar refractivity (Wildman–Crippen MR) is 208 cm³/mol. The topological polar surface area (TPSA) is 14.8 Å². The maximum absolute atomic E-state index is 2.45. The molecule has 0 aliphatic heterocycles. The van der Waals surface area contributed by atoms with Gasteiger partial charge in [0.2, 0.25) is 0 Å². The fourth-order valence-corrected chi connectivity index (χ4v) is 8.19. The van der Waals surface area contributed by atoms with E-state index in [-0.39, 0.29) is 0 Å². The largest absolute Gasteiger partial charge is 0.309 e. The van der Waals surface area contributed by atoms with Crippen molar-refractivity contribution in [3.63, 3.8) is 0 Å². The summed E-state index contributed by atoms with van der Waals surface area (Å²) in [5.41, 5.74) is 15.9. The normalized spacial score (nSPS) is 12.1. The number of hydrogen-bond acceptors (Lipinski definition) is 0. The van der Waals surface area contributed by atoms with Gasteiger partial charge in [0.1, 0.15) is 0 Å². The van der Waals surface area contributed by atoms with Crippen LogP contribution in [0.1, 0.15) is 22.3 Å². The minimum atomic E-state index is 1.17. The molecule has 0 aliphatic rings. The summed E-state index contributed by atoms with van der Waals surface area (Å²) in [6.07, 6.45) is 0. The molecule has 0 amide bonds. The van der Waals surface area contributed by atoms with Crippen molar-refractivity contribution in [3.8, 4) is 17.1 Å². The van der Waals surface area contributed by atoms with E-state index < -0.39 is 0 Å². The van der Waals surface area contributed by atoms with Crippen molar-refractivity contribution in [3.05, 3.63) is 162 Å². The fraction of sp³-hybridized carbons (Fsp3) is 0.0870. The van der Waals surface area contributed by atoms with Gasteiger partial charge in [0.15, 0.2) is 0 Å². The van der Waals surface area contributed by atoms with Gasteiger partial charge in [0.05, 0.1) is 33.1 Å². The van der Waals surface area contributed by atoms with E-state index in [1.165, 1.54) is 105 Å². The molecule has 0 N–H and O–H groups in total. The van der Waals surface area contributed by atoms with Gasteiger partial charge in [-0.1, -0.05) is 64.7 Å².